The molecule has 37 heavy (non-hydrogen) atoms. The first kappa shape index (κ1) is 26.0. The molecule has 0 aliphatic rings. The molecule has 0 aliphatic heterocycles. The first-order valence-corrected chi connectivity index (χ1v) is 11.7. The summed E-state index contributed by atoms with van der Waals surface area (Å²) in [6.07, 6.45) is -4.68. The highest BCUT2D eigenvalue weighted by atomic mass is 32.1. The van der Waals surface area contributed by atoms with Crippen LogP contribution in [0, 0.1) is 0 Å². The number of alkyl halides is 3. The molecular formula is C28H21F3O5S. The molecule has 3 aromatic carbocycles. The Morgan fingerprint density at radius 2 is 1.38 bits per heavy atom. The SMILES string of the molecule is C=C(C)C(=O)Oc1ccc(-c2ccc3c(sc4c(OC)c(OC(=O)C(=C)C)ccc43)c2C(F)(F)F)cc1. The lowest BCUT2D eigenvalue weighted by molar-refractivity contribution is -0.135. The quantitative estimate of drug-likeness (QED) is 0.146. The normalized spacial score (nSPS) is 11.4. The van der Waals surface area contributed by atoms with E-state index in [1.165, 1.54) is 57.4 Å². The molecule has 4 rings (SSSR count). The molecule has 0 saturated heterocycles. The number of hydrogen-bond acceptors (Lipinski definition) is 6. The average molecular weight is 527 g/mol. The summed E-state index contributed by atoms with van der Waals surface area (Å²) in [5, 5.41) is 0.922. The van der Waals surface area contributed by atoms with Gasteiger partial charge in [0.25, 0.3) is 0 Å². The van der Waals surface area contributed by atoms with Gasteiger partial charge in [0.15, 0.2) is 11.5 Å². The van der Waals surface area contributed by atoms with Crippen LogP contribution in [0.25, 0.3) is 31.3 Å². The van der Waals surface area contributed by atoms with Gasteiger partial charge < -0.3 is 14.2 Å². The number of carbonyl (C=O) groups is 2. The molecule has 190 valence electrons. The van der Waals surface area contributed by atoms with Crippen LogP contribution in [0.5, 0.6) is 17.2 Å². The minimum absolute atomic E-state index is 0.0134. The van der Waals surface area contributed by atoms with E-state index in [9.17, 15) is 22.8 Å². The van der Waals surface area contributed by atoms with E-state index in [0.29, 0.717) is 21.0 Å². The number of ether oxygens (including phenoxy) is 3. The Kier molecular flexibility index (Phi) is 6.84. The number of hydrogen-bond donors (Lipinski definition) is 0. The number of methoxy groups -OCH3 is 1. The number of esters is 2. The molecule has 1 heterocycles. The van der Waals surface area contributed by atoms with E-state index in [-0.39, 0.29) is 38.7 Å². The van der Waals surface area contributed by atoms with E-state index < -0.39 is 23.7 Å². The number of fused-ring (bicyclic) bond motifs is 3. The molecule has 0 radical (unpaired) electrons. The monoisotopic (exact) mass is 526 g/mol. The Morgan fingerprint density at radius 3 is 1.95 bits per heavy atom. The van der Waals surface area contributed by atoms with Gasteiger partial charge >= 0.3 is 18.1 Å². The highest BCUT2D eigenvalue weighted by Crippen LogP contribution is 2.50. The minimum Gasteiger partial charge on any atom is -0.491 e. The van der Waals surface area contributed by atoms with Crippen molar-refractivity contribution in [1.29, 1.82) is 0 Å². The Morgan fingerprint density at radius 1 is 0.811 bits per heavy atom. The highest BCUT2D eigenvalue weighted by molar-refractivity contribution is 7.26. The van der Waals surface area contributed by atoms with Gasteiger partial charge in [-0.2, -0.15) is 13.2 Å². The molecule has 0 N–H and O–H groups in total. The maximum absolute atomic E-state index is 14.5. The van der Waals surface area contributed by atoms with E-state index >= 15 is 0 Å². The second kappa shape index (κ2) is 9.74. The second-order valence-corrected chi connectivity index (χ2v) is 9.32. The standard InChI is InChI=1S/C28H21F3O5S/c1-14(2)26(32)35-17-8-6-16(7-9-17)18-10-11-19-20-12-13-21(36-27(33)15(3)4)23(34-5)25(20)37-24(19)22(18)28(29,30)31/h6-13H,1,3H2,2,4-5H3. The van der Waals surface area contributed by atoms with Crippen LogP contribution >= 0.6 is 11.3 Å². The third-order valence-electron chi connectivity index (χ3n) is 5.49. The fourth-order valence-electron chi connectivity index (χ4n) is 3.74. The molecule has 0 fully saturated rings. The fourth-order valence-corrected chi connectivity index (χ4v) is 5.12. The van der Waals surface area contributed by atoms with Crippen LogP contribution in [0.3, 0.4) is 0 Å². The van der Waals surface area contributed by atoms with E-state index in [2.05, 4.69) is 13.2 Å². The molecule has 9 heteroatoms. The predicted octanol–water partition coefficient (Wildman–Crippen LogP) is 7.71. The molecule has 0 spiro atoms. The maximum atomic E-state index is 14.5. The molecule has 0 unspecified atom stereocenters. The van der Waals surface area contributed by atoms with E-state index in [1.807, 2.05) is 0 Å². The van der Waals surface area contributed by atoms with Gasteiger partial charge in [-0.15, -0.1) is 11.3 Å². The molecule has 0 bridgehead atoms. The summed E-state index contributed by atoms with van der Waals surface area (Å²) in [5.74, 6) is -0.864. The number of carbonyl (C=O) groups excluding carboxylic acids is 2. The summed E-state index contributed by atoms with van der Waals surface area (Å²) in [7, 11) is 1.36. The Bertz CT molecular complexity index is 1580. The lowest BCUT2D eigenvalue weighted by Crippen LogP contribution is -2.09. The zero-order chi connectivity index (χ0) is 27.1. The zero-order valence-electron chi connectivity index (χ0n) is 20.1. The Balaban J connectivity index is 1.89. The smallest absolute Gasteiger partial charge is 0.418 e. The first-order chi connectivity index (χ1) is 17.4. The van der Waals surface area contributed by atoms with Crippen molar-refractivity contribution in [1.82, 2.24) is 0 Å². The van der Waals surface area contributed by atoms with Crippen molar-refractivity contribution in [2.75, 3.05) is 7.11 Å². The van der Waals surface area contributed by atoms with Crippen LogP contribution in [-0.4, -0.2) is 19.0 Å². The van der Waals surface area contributed by atoms with E-state index in [0.717, 1.165) is 11.3 Å². The van der Waals surface area contributed by atoms with Crippen LogP contribution < -0.4 is 14.2 Å². The summed E-state index contributed by atoms with van der Waals surface area (Å²) in [6, 6.07) is 11.9. The van der Waals surface area contributed by atoms with Crippen molar-refractivity contribution in [2.24, 2.45) is 0 Å². The second-order valence-electron chi connectivity index (χ2n) is 8.30. The van der Waals surface area contributed by atoms with Crippen molar-refractivity contribution >= 4 is 43.4 Å². The molecular weight excluding hydrogens is 505 g/mol. The average Bonchev–Trinajstić information content (AvgIpc) is 3.21. The number of thiophene rings is 1. The molecule has 0 saturated carbocycles. The van der Waals surface area contributed by atoms with E-state index in [4.69, 9.17) is 14.2 Å². The van der Waals surface area contributed by atoms with Crippen molar-refractivity contribution < 1.29 is 37.0 Å². The molecule has 5 nitrogen and oxygen atoms in total. The van der Waals surface area contributed by atoms with E-state index in [1.54, 1.807) is 12.1 Å². The molecule has 4 aromatic rings. The summed E-state index contributed by atoms with van der Waals surface area (Å²) < 4.78 is 59.8. The van der Waals surface area contributed by atoms with Gasteiger partial charge in [0.1, 0.15) is 5.75 Å². The van der Waals surface area contributed by atoms with Crippen LogP contribution in [0.4, 0.5) is 13.2 Å². The third-order valence-corrected chi connectivity index (χ3v) is 6.73. The number of benzene rings is 3. The van der Waals surface area contributed by atoms with Crippen LogP contribution in [-0.2, 0) is 15.8 Å². The van der Waals surface area contributed by atoms with Gasteiger partial charge in [-0.05, 0) is 49.2 Å². The summed E-state index contributed by atoms with van der Waals surface area (Å²) in [4.78, 5) is 23.8. The highest BCUT2D eigenvalue weighted by Gasteiger charge is 2.37. The molecule has 0 atom stereocenters. The van der Waals surface area contributed by atoms with Crippen molar-refractivity contribution in [2.45, 2.75) is 20.0 Å². The summed E-state index contributed by atoms with van der Waals surface area (Å²) >= 11 is 0.902. The third kappa shape index (κ3) is 4.95. The lowest BCUT2D eigenvalue weighted by Gasteiger charge is -2.15. The van der Waals surface area contributed by atoms with Crippen LogP contribution in [0.15, 0.2) is 72.8 Å². The van der Waals surface area contributed by atoms with Crippen LogP contribution in [0.1, 0.15) is 19.4 Å². The maximum Gasteiger partial charge on any atom is 0.418 e. The van der Waals surface area contributed by atoms with Gasteiger partial charge in [-0.25, -0.2) is 9.59 Å². The summed E-state index contributed by atoms with van der Waals surface area (Å²) in [5.41, 5.74) is -0.169. The predicted molar refractivity (Wildman–Crippen MR) is 137 cm³/mol. The van der Waals surface area contributed by atoms with Gasteiger partial charge in [0.2, 0.25) is 0 Å². The zero-order valence-corrected chi connectivity index (χ0v) is 20.9. The van der Waals surface area contributed by atoms with Crippen molar-refractivity contribution in [3.8, 4) is 28.4 Å². The molecule has 1 aromatic heterocycles. The minimum atomic E-state index is -4.68. The molecule has 0 amide bonds. The van der Waals surface area contributed by atoms with Crippen LogP contribution in [0.2, 0.25) is 0 Å². The molecule has 0 aliphatic carbocycles. The van der Waals surface area contributed by atoms with Crippen molar-refractivity contribution in [3.05, 3.63) is 78.4 Å². The fraction of sp³-hybridized carbons (Fsp3) is 0.143. The Hall–Kier alpha value is -4.11. The largest absolute Gasteiger partial charge is 0.491 e. The Labute approximate surface area is 214 Å². The number of halogens is 3. The van der Waals surface area contributed by atoms with Gasteiger partial charge in [-0.3, -0.25) is 0 Å². The van der Waals surface area contributed by atoms with Crippen molar-refractivity contribution in [3.63, 3.8) is 0 Å². The van der Waals surface area contributed by atoms with Gasteiger partial charge in [0, 0.05) is 26.6 Å². The lowest BCUT2D eigenvalue weighted by atomic mass is 9.97. The van der Waals surface area contributed by atoms with Gasteiger partial charge in [-0.1, -0.05) is 37.4 Å². The first-order valence-electron chi connectivity index (χ1n) is 10.9. The summed E-state index contributed by atoms with van der Waals surface area (Å²) in [6.45, 7) is 10.0. The number of rotatable bonds is 6. The topological polar surface area (TPSA) is 61.8 Å². The van der Waals surface area contributed by atoms with Gasteiger partial charge in [0.05, 0.1) is 17.4 Å².